The number of hydrogen-bond donors (Lipinski definition) is 1. The van der Waals surface area contributed by atoms with Crippen LogP contribution in [0, 0.1) is 5.82 Å². The topological polar surface area (TPSA) is 57.6 Å². The Kier molecular flexibility index (Phi) is 4.40. The number of carbonyl (C=O) groups is 2. The Balaban J connectivity index is 2.18. The lowest BCUT2D eigenvalue weighted by Crippen LogP contribution is -2.52. The van der Waals surface area contributed by atoms with Gasteiger partial charge in [0.25, 0.3) is 0 Å². The molecule has 5 heteroatoms. The zero-order chi connectivity index (χ0) is 15.5. The predicted molar refractivity (Wildman–Crippen MR) is 77.0 cm³/mol. The molecule has 0 bridgehead atoms. The van der Waals surface area contributed by atoms with Crippen LogP contribution in [0.5, 0.6) is 0 Å². The standard InChI is InChI=1S/C16H18FNO3/c1-2-16(15(20)21)9-4-10-18(16)14(19)8-7-12-5-3-6-13(17)11-12/h3,5-8,11H,2,4,9-10H2,1H3,(H,20,21)/b8-7+. The van der Waals surface area contributed by atoms with Gasteiger partial charge in [-0.05, 0) is 43.0 Å². The average Bonchev–Trinajstić information content (AvgIpc) is 2.90. The van der Waals surface area contributed by atoms with Crippen LogP contribution in [0.25, 0.3) is 6.08 Å². The van der Waals surface area contributed by atoms with Gasteiger partial charge in [0, 0.05) is 12.6 Å². The number of rotatable bonds is 4. The lowest BCUT2D eigenvalue weighted by molar-refractivity contribution is -0.155. The molecule has 1 aromatic carbocycles. The molecule has 1 fully saturated rings. The molecule has 1 atom stereocenters. The Hall–Kier alpha value is -2.17. The number of benzene rings is 1. The summed E-state index contributed by atoms with van der Waals surface area (Å²) in [6.07, 6.45) is 4.35. The third-order valence-corrected chi connectivity index (χ3v) is 4.00. The Morgan fingerprint density at radius 3 is 2.86 bits per heavy atom. The highest BCUT2D eigenvalue weighted by atomic mass is 19.1. The minimum absolute atomic E-state index is 0.346. The normalized spacial score (nSPS) is 21.9. The van der Waals surface area contributed by atoms with E-state index in [1.165, 1.54) is 29.2 Å². The highest BCUT2D eigenvalue weighted by Crippen LogP contribution is 2.33. The van der Waals surface area contributed by atoms with E-state index < -0.39 is 11.5 Å². The van der Waals surface area contributed by atoms with Crippen molar-refractivity contribution in [3.8, 4) is 0 Å². The first-order chi connectivity index (χ1) is 9.99. The van der Waals surface area contributed by atoms with E-state index in [0.717, 1.165) is 0 Å². The molecule has 1 N–H and O–H groups in total. The van der Waals surface area contributed by atoms with Gasteiger partial charge in [0.05, 0.1) is 0 Å². The van der Waals surface area contributed by atoms with Crippen LogP contribution in [-0.4, -0.2) is 34.0 Å². The van der Waals surface area contributed by atoms with Crippen molar-refractivity contribution >= 4 is 18.0 Å². The van der Waals surface area contributed by atoms with Gasteiger partial charge in [-0.1, -0.05) is 19.1 Å². The molecule has 2 rings (SSSR count). The molecule has 1 amide bonds. The van der Waals surface area contributed by atoms with Crippen LogP contribution in [0.2, 0.25) is 0 Å². The van der Waals surface area contributed by atoms with Crippen molar-refractivity contribution in [1.82, 2.24) is 4.90 Å². The van der Waals surface area contributed by atoms with Gasteiger partial charge >= 0.3 is 5.97 Å². The molecule has 112 valence electrons. The maximum atomic E-state index is 13.1. The molecule has 0 aliphatic carbocycles. The minimum atomic E-state index is -1.11. The lowest BCUT2D eigenvalue weighted by Gasteiger charge is -2.33. The zero-order valence-electron chi connectivity index (χ0n) is 11.9. The second-order valence-corrected chi connectivity index (χ2v) is 5.17. The first-order valence-corrected chi connectivity index (χ1v) is 6.98. The third-order valence-electron chi connectivity index (χ3n) is 4.00. The number of carbonyl (C=O) groups excluding carboxylic acids is 1. The second kappa shape index (κ2) is 6.08. The molecule has 1 aromatic rings. The zero-order valence-corrected chi connectivity index (χ0v) is 11.9. The Labute approximate surface area is 122 Å². The quantitative estimate of drug-likeness (QED) is 0.868. The van der Waals surface area contributed by atoms with Gasteiger partial charge in [-0.15, -0.1) is 0 Å². The lowest BCUT2D eigenvalue weighted by atomic mass is 9.93. The van der Waals surface area contributed by atoms with Crippen LogP contribution in [0.1, 0.15) is 31.7 Å². The summed E-state index contributed by atoms with van der Waals surface area (Å²) in [5.74, 6) is -1.68. The molecule has 0 radical (unpaired) electrons. The number of nitrogens with zero attached hydrogens (tertiary/aromatic N) is 1. The number of hydrogen-bond acceptors (Lipinski definition) is 2. The van der Waals surface area contributed by atoms with E-state index in [2.05, 4.69) is 0 Å². The van der Waals surface area contributed by atoms with E-state index in [1.54, 1.807) is 19.1 Å². The van der Waals surface area contributed by atoms with Gasteiger partial charge in [0.1, 0.15) is 11.4 Å². The Bertz CT molecular complexity index is 585. The monoisotopic (exact) mass is 291 g/mol. The van der Waals surface area contributed by atoms with Crippen molar-refractivity contribution in [1.29, 1.82) is 0 Å². The van der Waals surface area contributed by atoms with E-state index in [-0.39, 0.29) is 11.7 Å². The summed E-state index contributed by atoms with van der Waals surface area (Å²) in [6, 6.07) is 5.88. The van der Waals surface area contributed by atoms with E-state index in [0.29, 0.717) is 31.4 Å². The summed E-state index contributed by atoms with van der Waals surface area (Å²) in [6.45, 7) is 2.21. The second-order valence-electron chi connectivity index (χ2n) is 5.17. The summed E-state index contributed by atoms with van der Waals surface area (Å²) in [4.78, 5) is 25.2. The maximum Gasteiger partial charge on any atom is 0.329 e. The van der Waals surface area contributed by atoms with Gasteiger partial charge in [-0.3, -0.25) is 4.79 Å². The molecular formula is C16H18FNO3. The van der Waals surface area contributed by atoms with Gasteiger partial charge < -0.3 is 10.0 Å². The van der Waals surface area contributed by atoms with Crippen LogP contribution in [0.4, 0.5) is 4.39 Å². The molecule has 1 heterocycles. The van der Waals surface area contributed by atoms with Crippen molar-refractivity contribution in [3.63, 3.8) is 0 Å². The van der Waals surface area contributed by atoms with Crippen molar-refractivity contribution in [3.05, 3.63) is 41.7 Å². The summed E-state index contributed by atoms with van der Waals surface area (Å²) in [5, 5.41) is 9.44. The summed E-state index contributed by atoms with van der Waals surface area (Å²) >= 11 is 0. The summed E-state index contributed by atoms with van der Waals surface area (Å²) in [7, 11) is 0. The fraction of sp³-hybridized carbons (Fsp3) is 0.375. The van der Waals surface area contributed by atoms with Crippen LogP contribution >= 0.6 is 0 Å². The van der Waals surface area contributed by atoms with Gasteiger partial charge in [-0.2, -0.15) is 0 Å². The van der Waals surface area contributed by atoms with Crippen LogP contribution in [0.15, 0.2) is 30.3 Å². The van der Waals surface area contributed by atoms with E-state index in [9.17, 15) is 19.1 Å². The van der Waals surface area contributed by atoms with E-state index in [1.807, 2.05) is 0 Å². The van der Waals surface area contributed by atoms with Crippen LogP contribution < -0.4 is 0 Å². The molecular weight excluding hydrogens is 273 g/mol. The third kappa shape index (κ3) is 2.96. The largest absolute Gasteiger partial charge is 0.479 e. The Morgan fingerprint density at radius 2 is 2.24 bits per heavy atom. The number of amides is 1. The number of likely N-dealkylation sites (tertiary alicyclic amines) is 1. The molecule has 0 aromatic heterocycles. The maximum absolute atomic E-state index is 13.1. The number of halogens is 1. The fourth-order valence-corrected chi connectivity index (χ4v) is 2.81. The van der Waals surface area contributed by atoms with Gasteiger partial charge in [0.2, 0.25) is 5.91 Å². The van der Waals surface area contributed by atoms with Crippen molar-refractivity contribution in [2.24, 2.45) is 0 Å². The average molecular weight is 291 g/mol. The molecule has 21 heavy (non-hydrogen) atoms. The van der Waals surface area contributed by atoms with E-state index in [4.69, 9.17) is 0 Å². The highest BCUT2D eigenvalue weighted by Gasteiger charge is 2.47. The molecule has 0 spiro atoms. The molecule has 0 saturated carbocycles. The summed E-state index contributed by atoms with van der Waals surface area (Å²) in [5.41, 5.74) is -0.538. The van der Waals surface area contributed by atoms with Crippen LogP contribution in [0.3, 0.4) is 0 Å². The number of carboxylic acids is 1. The number of carboxylic acid groups (broad SMARTS) is 1. The van der Waals surface area contributed by atoms with E-state index >= 15 is 0 Å². The molecule has 1 saturated heterocycles. The molecule has 4 nitrogen and oxygen atoms in total. The smallest absolute Gasteiger partial charge is 0.329 e. The first kappa shape index (κ1) is 15.2. The molecule has 1 aliphatic rings. The van der Waals surface area contributed by atoms with Gasteiger partial charge in [0.15, 0.2) is 0 Å². The minimum Gasteiger partial charge on any atom is -0.479 e. The van der Waals surface area contributed by atoms with Gasteiger partial charge in [-0.25, -0.2) is 9.18 Å². The fourth-order valence-electron chi connectivity index (χ4n) is 2.81. The summed E-state index contributed by atoms with van der Waals surface area (Å²) < 4.78 is 13.1. The van der Waals surface area contributed by atoms with Crippen LogP contribution in [-0.2, 0) is 9.59 Å². The highest BCUT2D eigenvalue weighted by molar-refractivity contribution is 5.96. The molecule has 1 aliphatic heterocycles. The Morgan fingerprint density at radius 1 is 1.48 bits per heavy atom. The SMILES string of the molecule is CCC1(C(=O)O)CCCN1C(=O)/C=C/c1cccc(F)c1. The van der Waals surface area contributed by atoms with Crippen molar-refractivity contribution in [2.75, 3.05) is 6.54 Å². The number of aliphatic carboxylic acids is 1. The van der Waals surface area contributed by atoms with Crippen molar-refractivity contribution < 1.29 is 19.1 Å². The predicted octanol–water partition coefficient (Wildman–Crippen LogP) is 2.69. The first-order valence-electron chi connectivity index (χ1n) is 6.98. The molecule has 1 unspecified atom stereocenters. The van der Waals surface area contributed by atoms with Crippen molar-refractivity contribution in [2.45, 2.75) is 31.7 Å².